The maximum atomic E-state index is 10.8. The Morgan fingerprint density at radius 1 is 1.57 bits per heavy atom. The number of nitro groups is 1. The van der Waals surface area contributed by atoms with Gasteiger partial charge in [-0.05, 0) is 50.0 Å². The molecule has 14 heavy (non-hydrogen) atoms. The van der Waals surface area contributed by atoms with E-state index in [1.54, 1.807) is 6.07 Å². The van der Waals surface area contributed by atoms with Crippen molar-refractivity contribution in [1.29, 1.82) is 0 Å². The average molecular weight is 384 g/mol. The van der Waals surface area contributed by atoms with Crippen LogP contribution >= 0.6 is 49.9 Å². The van der Waals surface area contributed by atoms with Gasteiger partial charge in [-0.15, -0.1) is 11.3 Å². The molecule has 0 radical (unpaired) electrons. The highest BCUT2D eigenvalue weighted by Crippen LogP contribution is 2.37. The summed E-state index contributed by atoms with van der Waals surface area (Å²) in [6.45, 7) is 0. The molecule has 3 nitrogen and oxygen atoms in total. The lowest BCUT2D eigenvalue weighted by molar-refractivity contribution is -0.382. The van der Waals surface area contributed by atoms with Crippen LogP contribution in [-0.2, 0) is 0 Å². The van der Waals surface area contributed by atoms with Crippen LogP contribution in [0.2, 0.25) is 0 Å². The third kappa shape index (κ3) is 1.55. The molecule has 2 aromatic rings. The van der Waals surface area contributed by atoms with E-state index >= 15 is 0 Å². The summed E-state index contributed by atoms with van der Waals surface area (Å²) >= 11 is 6.89. The summed E-state index contributed by atoms with van der Waals surface area (Å²) in [4.78, 5) is 10.4. The summed E-state index contributed by atoms with van der Waals surface area (Å²) in [5.74, 6) is 0. The minimum atomic E-state index is -0.348. The molecule has 0 aliphatic carbocycles. The Kier molecular flexibility index (Phi) is 2.76. The zero-order valence-corrected chi connectivity index (χ0v) is 11.2. The molecule has 0 unspecified atom stereocenters. The fourth-order valence-electron chi connectivity index (χ4n) is 1.19. The van der Waals surface area contributed by atoms with Crippen LogP contribution in [0.4, 0.5) is 5.69 Å². The topological polar surface area (TPSA) is 43.1 Å². The summed E-state index contributed by atoms with van der Waals surface area (Å²) < 4.78 is 2.53. The molecule has 0 saturated heterocycles. The molecule has 0 aliphatic rings. The molecule has 6 heteroatoms. The quantitative estimate of drug-likeness (QED) is 0.421. The minimum absolute atomic E-state index is 0.169. The Morgan fingerprint density at radius 3 is 2.93 bits per heavy atom. The third-order valence-electron chi connectivity index (χ3n) is 1.80. The van der Waals surface area contributed by atoms with Crippen LogP contribution in [0.25, 0.3) is 10.1 Å². The SMILES string of the molecule is O=[N+]([O-])c1cc(Br)c(I)c2ccsc12. The summed E-state index contributed by atoms with van der Waals surface area (Å²) in [5.41, 5.74) is 0.169. The first-order valence-electron chi connectivity index (χ1n) is 3.61. The Bertz CT molecular complexity index is 525. The van der Waals surface area contributed by atoms with Gasteiger partial charge in [0.05, 0.1) is 4.92 Å². The Balaban J connectivity index is 2.91. The van der Waals surface area contributed by atoms with Gasteiger partial charge in [0.2, 0.25) is 0 Å². The largest absolute Gasteiger partial charge is 0.288 e. The number of nitrogens with zero attached hydrogens (tertiary/aromatic N) is 1. The van der Waals surface area contributed by atoms with Crippen LogP contribution in [0.3, 0.4) is 0 Å². The van der Waals surface area contributed by atoms with E-state index in [0.29, 0.717) is 0 Å². The minimum Gasteiger partial charge on any atom is -0.258 e. The summed E-state index contributed by atoms with van der Waals surface area (Å²) in [5, 5.41) is 13.6. The molecular formula is C8H3BrINO2S. The lowest BCUT2D eigenvalue weighted by Crippen LogP contribution is -1.89. The van der Waals surface area contributed by atoms with Crippen molar-refractivity contribution in [2.75, 3.05) is 0 Å². The van der Waals surface area contributed by atoms with Crippen molar-refractivity contribution < 1.29 is 4.92 Å². The van der Waals surface area contributed by atoms with Gasteiger partial charge in [0.15, 0.2) is 0 Å². The molecule has 0 amide bonds. The predicted octanol–water partition coefficient (Wildman–Crippen LogP) is 4.18. The number of nitro benzene ring substituents is 1. The second-order valence-electron chi connectivity index (χ2n) is 2.61. The molecule has 72 valence electrons. The molecule has 2 rings (SSSR count). The van der Waals surface area contributed by atoms with E-state index in [1.165, 1.54) is 11.3 Å². The average Bonchev–Trinajstić information content (AvgIpc) is 2.59. The van der Waals surface area contributed by atoms with Crippen LogP contribution in [-0.4, -0.2) is 4.92 Å². The maximum Gasteiger partial charge on any atom is 0.288 e. The van der Waals surface area contributed by atoms with Crippen molar-refractivity contribution in [3.8, 4) is 0 Å². The second-order valence-corrected chi connectivity index (χ2v) is 5.46. The summed E-state index contributed by atoms with van der Waals surface area (Å²) in [6.07, 6.45) is 0. The van der Waals surface area contributed by atoms with Gasteiger partial charge in [-0.1, -0.05) is 0 Å². The molecule has 1 aromatic carbocycles. The number of hydrogen-bond donors (Lipinski definition) is 0. The van der Waals surface area contributed by atoms with E-state index in [4.69, 9.17) is 0 Å². The number of hydrogen-bond acceptors (Lipinski definition) is 3. The Morgan fingerprint density at radius 2 is 2.29 bits per heavy atom. The van der Waals surface area contributed by atoms with E-state index in [1.807, 2.05) is 11.4 Å². The summed E-state index contributed by atoms with van der Waals surface area (Å²) in [6, 6.07) is 3.46. The van der Waals surface area contributed by atoms with Crippen molar-refractivity contribution in [1.82, 2.24) is 0 Å². The highest BCUT2D eigenvalue weighted by atomic mass is 127. The zero-order valence-electron chi connectivity index (χ0n) is 6.66. The van der Waals surface area contributed by atoms with Crippen LogP contribution in [0.15, 0.2) is 22.0 Å². The van der Waals surface area contributed by atoms with Crippen LogP contribution in [0, 0.1) is 13.7 Å². The number of halogens is 2. The number of thiophene rings is 1. The van der Waals surface area contributed by atoms with Gasteiger partial charge in [0.25, 0.3) is 5.69 Å². The van der Waals surface area contributed by atoms with E-state index in [9.17, 15) is 10.1 Å². The van der Waals surface area contributed by atoms with Gasteiger partial charge in [-0.25, -0.2) is 0 Å². The molecule has 0 saturated carbocycles. The maximum absolute atomic E-state index is 10.8. The molecular weight excluding hydrogens is 381 g/mol. The van der Waals surface area contributed by atoms with Gasteiger partial charge >= 0.3 is 0 Å². The van der Waals surface area contributed by atoms with Gasteiger partial charge in [-0.3, -0.25) is 10.1 Å². The van der Waals surface area contributed by atoms with Crippen molar-refractivity contribution in [3.63, 3.8) is 0 Å². The van der Waals surface area contributed by atoms with Gasteiger partial charge in [-0.2, -0.15) is 0 Å². The smallest absolute Gasteiger partial charge is 0.258 e. The van der Waals surface area contributed by atoms with Gasteiger partial charge in [0.1, 0.15) is 4.70 Å². The Hall–Kier alpha value is -0.210. The number of benzene rings is 1. The predicted molar refractivity (Wildman–Crippen MR) is 68.9 cm³/mol. The zero-order chi connectivity index (χ0) is 10.3. The van der Waals surface area contributed by atoms with Crippen LogP contribution in [0.1, 0.15) is 0 Å². The number of fused-ring (bicyclic) bond motifs is 1. The second kappa shape index (κ2) is 3.74. The first-order valence-corrected chi connectivity index (χ1v) is 6.36. The molecule has 1 heterocycles. The highest BCUT2D eigenvalue weighted by molar-refractivity contribution is 14.1. The van der Waals surface area contributed by atoms with E-state index in [2.05, 4.69) is 38.5 Å². The van der Waals surface area contributed by atoms with Crippen molar-refractivity contribution >= 4 is 65.6 Å². The standard InChI is InChI=1S/C8H3BrINO2S/c9-5-3-6(11(12)13)8-4(7(5)10)1-2-14-8/h1-3H. The van der Waals surface area contributed by atoms with Crippen LogP contribution in [0.5, 0.6) is 0 Å². The fourth-order valence-corrected chi connectivity index (χ4v) is 3.30. The van der Waals surface area contributed by atoms with Crippen molar-refractivity contribution in [3.05, 3.63) is 35.7 Å². The number of rotatable bonds is 1. The lowest BCUT2D eigenvalue weighted by Gasteiger charge is -1.99. The van der Waals surface area contributed by atoms with Crippen molar-refractivity contribution in [2.45, 2.75) is 0 Å². The van der Waals surface area contributed by atoms with E-state index < -0.39 is 0 Å². The molecule has 0 aliphatic heterocycles. The molecule has 0 bridgehead atoms. The molecule has 0 fully saturated rings. The lowest BCUT2D eigenvalue weighted by atomic mass is 10.2. The van der Waals surface area contributed by atoms with Crippen molar-refractivity contribution in [2.24, 2.45) is 0 Å². The summed E-state index contributed by atoms with van der Waals surface area (Å²) in [7, 11) is 0. The molecule has 0 spiro atoms. The fraction of sp³-hybridized carbons (Fsp3) is 0. The van der Waals surface area contributed by atoms with Gasteiger partial charge < -0.3 is 0 Å². The molecule has 1 aromatic heterocycles. The van der Waals surface area contributed by atoms with E-state index in [-0.39, 0.29) is 10.6 Å². The third-order valence-corrected chi connectivity index (χ3v) is 5.27. The monoisotopic (exact) mass is 383 g/mol. The van der Waals surface area contributed by atoms with Gasteiger partial charge in [0, 0.05) is 19.5 Å². The number of non-ortho nitro benzene ring substituents is 1. The van der Waals surface area contributed by atoms with E-state index in [0.717, 1.165) is 18.1 Å². The first kappa shape index (κ1) is 10.3. The van der Waals surface area contributed by atoms with Crippen LogP contribution < -0.4 is 0 Å². The molecule has 0 N–H and O–H groups in total. The normalized spacial score (nSPS) is 10.7. The molecule has 0 atom stereocenters. The Labute approximate surface area is 106 Å². The highest BCUT2D eigenvalue weighted by Gasteiger charge is 2.17. The first-order chi connectivity index (χ1) is 6.61.